The number of hydrogen-bond acceptors (Lipinski definition) is 3. The molecule has 52 heavy (non-hydrogen) atoms. The first kappa shape index (κ1) is 32.0. The van der Waals surface area contributed by atoms with Crippen LogP contribution in [0, 0.1) is 5.92 Å². The number of nitrogens with zero attached hydrogens (tertiary/aromatic N) is 3. The number of anilines is 5. The Kier molecular flexibility index (Phi) is 8.00. The van der Waals surface area contributed by atoms with E-state index in [1.807, 2.05) is 12.3 Å². The smallest absolute Gasteiger partial charge is 0.133 e. The Balaban J connectivity index is 1.35. The molecular formula is C49H43N3. The lowest BCUT2D eigenvalue weighted by Gasteiger charge is -2.40. The summed E-state index contributed by atoms with van der Waals surface area (Å²) in [5.41, 5.74) is 13.0. The number of pyridine rings is 1. The van der Waals surface area contributed by atoms with Crippen molar-refractivity contribution in [1.29, 1.82) is 0 Å². The quantitative estimate of drug-likeness (QED) is 0.160. The summed E-state index contributed by atoms with van der Waals surface area (Å²) in [6, 6.07) is 50.5. The van der Waals surface area contributed by atoms with Crippen LogP contribution in [0.4, 0.5) is 28.6 Å². The van der Waals surface area contributed by atoms with Gasteiger partial charge in [0.15, 0.2) is 0 Å². The third-order valence-electron chi connectivity index (χ3n) is 10.9. The highest BCUT2D eigenvalue weighted by atomic mass is 15.2. The SMILES string of the molecule is CC(C)C1=CC(N(c2ccccn2)c2cccc3ccccc23)C2=CCc3c(C(C)C)cc(N(c4ccccc4)c4ccccc4)c4ccc1c2c34. The minimum Gasteiger partial charge on any atom is -0.315 e. The molecule has 0 amide bonds. The first-order valence-electron chi connectivity index (χ1n) is 18.6. The van der Waals surface area contributed by atoms with Crippen molar-refractivity contribution in [1.82, 2.24) is 4.98 Å². The molecule has 1 atom stereocenters. The molecule has 3 heteroatoms. The van der Waals surface area contributed by atoms with Gasteiger partial charge in [-0.15, -0.1) is 0 Å². The Morgan fingerprint density at radius 1 is 0.635 bits per heavy atom. The second-order valence-corrected chi connectivity index (χ2v) is 14.7. The maximum absolute atomic E-state index is 5.01. The van der Waals surface area contributed by atoms with E-state index in [1.54, 1.807) is 0 Å². The van der Waals surface area contributed by atoms with Crippen molar-refractivity contribution in [3.63, 3.8) is 0 Å². The number of rotatable bonds is 8. The van der Waals surface area contributed by atoms with Gasteiger partial charge in [-0.05, 0) is 111 Å². The Morgan fingerprint density at radius 3 is 2.02 bits per heavy atom. The lowest BCUT2D eigenvalue weighted by Crippen LogP contribution is -2.35. The highest BCUT2D eigenvalue weighted by Gasteiger charge is 2.36. The predicted molar refractivity (Wildman–Crippen MR) is 221 cm³/mol. The van der Waals surface area contributed by atoms with Gasteiger partial charge in [-0.25, -0.2) is 4.98 Å². The molecule has 1 unspecified atom stereocenters. The highest BCUT2D eigenvalue weighted by Crippen LogP contribution is 2.52. The Bertz CT molecular complexity index is 2450. The summed E-state index contributed by atoms with van der Waals surface area (Å²) in [7, 11) is 0. The molecule has 3 nitrogen and oxygen atoms in total. The van der Waals surface area contributed by atoms with E-state index in [0.29, 0.717) is 11.8 Å². The van der Waals surface area contributed by atoms with Crippen LogP contribution >= 0.6 is 0 Å². The number of allylic oxidation sites excluding steroid dienone is 2. The molecule has 0 spiro atoms. The number of para-hydroxylation sites is 2. The van der Waals surface area contributed by atoms with Gasteiger partial charge in [-0.2, -0.15) is 0 Å². The zero-order chi connectivity index (χ0) is 35.3. The first-order valence-corrected chi connectivity index (χ1v) is 18.6. The predicted octanol–water partition coefficient (Wildman–Crippen LogP) is 13.2. The maximum Gasteiger partial charge on any atom is 0.133 e. The van der Waals surface area contributed by atoms with Crippen LogP contribution in [0.5, 0.6) is 0 Å². The van der Waals surface area contributed by atoms with Gasteiger partial charge in [0.1, 0.15) is 5.82 Å². The Hall–Kier alpha value is -5.93. The summed E-state index contributed by atoms with van der Waals surface area (Å²) < 4.78 is 0. The van der Waals surface area contributed by atoms with Gasteiger partial charge >= 0.3 is 0 Å². The van der Waals surface area contributed by atoms with Crippen LogP contribution in [0.25, 0.3) is 32.7 Å². The third kappa shape index (κ3) is 5.23. The second kappa shape index (κ2) is 13.0. The van der Waals surface area contributed by atoms with Crippen LogP contribution < -0.4 is 9.80 Å². The normalized spacial score (nSPS) is 14.8. The average molecular weight is 674 g/mol. The Morgan fingerprint density at radius 2 is 1.33 bits per heavy atom. The van der Waals surface area contributed by atoms with Crippen molar-refractivity contribution in [2.45, 2.75) is 46.1 Å². The van der Waals surface area contributed by atoms with Gasteiger partial charge in [-0.1, -0.05) is 131 Å². The van der Waals surface area contributed by atoms with E-state index in [1.165, 1.54) is 66.3 Å². The molecule has 7 aromatic rings. The fourth-order valence-corrected chi connectivity index (χ4v) is 8.61. The summed E-state index contributed by atoms with van der Waals surface area (Å²) in [4.78, 5) is 9.95. The molecule has 2 aliphatic rings. The van der Waals surface area contributed by atoms with Crippen LogP contribution in [0.3, 0.4) is 0 Å². The highest BCUT2D eigenvalue weighted by molar-refractivity contribution is 6.12. The van der Waals surface area contributed by atoms with Crippen LogP contribution in [0.15, 0.2) is 158 Å². The van der Waals surface area contributed by atoms with Gasteiger partial charge in [0.05, 0.1) is 17.4 Å². The van der Waals surface area contributed by atoms with Gasteiger partial charge < -0.3 is 9.80 Å². The van der Waals surface area contributed by atoms with E-state index in [0.717, 1.165) is 23.6 Å². The minimum absolute atomic E-state index is 0.0464. The number of fused-ring (bicyclic) bond motifs is 1. The fraction of sp³-hybridized carbons (Fsp3) is 0.163. The molecule has 0 aliphatic heterocycles. The molecule has 0 saturated heterocycles. The van der Waals surface area contributed by atoms with E-state index in [2.05, 4.69) is 183 Å². The lowest BCUT2D eigenvalue weighted by molar-refractivity contribution is 0.829. The van der Waals surface area contributed by atoms with Gasteiger partial charge in [-0.3, -0.25) is 0 Å². The van der Waals surface area contributed by atoms with Crippen LogP contribution in [0.1, 0.15) is 55.9 Å². The molecule has 6 aromatic carbocycles. The second-order valence-electron chi connectivity index (χ2n) is 14.7. The summed E-state index contributed by atoms with van der Waals surface area (Å²) in [6.07, 6.45) is 7.86. The van der Waals surface area contributed by atoms with Gasteiger partial charge in [0, 0.05) is 28.3 Å². The molecule has 1 aromatic heterocycles. The van der Waals surface area contributed by atoms with Crippen LogP contribution in [0.2, 0.25) is 0 Å². The third-order valence-corrected chi connectivity index (χ3v) is 10.9. The molecule has 0 saturated carbocycles. The summed E-state index contributed by atoms with van der Waals surface area (Å²) in [6.45, 7) is 9.36. The topological polar surface area (TPSA) is 19.4 Å². The van der Waals surface area contributed by atoms with E-state index < -0.39 is 0 Å². The Labute approximate surface area is 307 Å². The molecule has 0 N–H and O–H groups in total. The molecule has 9 rings (SSSR count). The molecular weight excluding hydrogens is 631 g/mol. The average Bonchev–Trinajstić information content (AvgIpc) is 3.19. The first-order chi connectivity index (χ1) is 25.5. The van der Waals surface area contributed by atoms with Crippen LogP contribution in [-0.4, -0.2) is 11.0 Å². The van der Waals surface area contributed by atoms with Crippen molar-refractivity contribution in [3.8, 4) is 0 Å². The van der Waals surface area contributed by atoms with Gasteiger partial charge in [0.25, 0.3) is 0 Å². The minimum atomic E-state index is -0.0464. The largest absolute Gasteiger partial charge is 0.315 e. The van der Waals surface area contributed by atoms with Gasteiger partial charge in [0.2, 0.25) is 0 Å². The van der Waals surface area contributed by atoms with Crippen molar-refractivity contribution in [2.24, 2.45) is 5.92 Å². The number of benzene rings is 6. The van der Waals surface area contributed by atoms with Crippen molar-refractivity contribution in [3.05, 3.63) is 180 Å². The zero-order valence-electron chi connectivity index (χ0n) is 30.3. The van der Waals surface area contributed by atoms with E-state index in [9.17, 15) is 0 Å². The van der Waals surface area contributed by atoms with E-state index >= 15 is 0 Å². The molecule has 0 radical (unpaired) electrons. The summed E-state index contributed by atoms with van der Waals surface area (Å²) in [5.74, 6) is 1.64. The summed E-state index contributed by atoms with van der Waals surface area (Å²) >= 11 is 0. The monoisotopic (exact) mass is 673 g/mol. The molecule has 0 fully saturated rings. The maximum atomic E-state index is 5.01. The van der Waals surface area contributed by atoms with E-state index in [-0.39, 0.29) is 6.04 Å². The fourth-order valence-electron chi connectivity index (χ4n) is 8.61. The van der Waals surface area contributed by atoms with E-state index in [4.69, 9.17) is 4.98 Å². The lowest BCUT2D eigenvalue weighted by atomic mass is 9.72. The molecule has 2 aliphatic carbocycles. The number of aromatic nitrogens is 1. The zero-order valence-corrected chi connectivity index (χ0v) is 30.3. The van der Waals surface area contributed by atoms with Crippen LogP contribution in [-0.2, 0) is 6.42 Å². The van der Waals surface area contributed by atoms with Crippen molar-refractivity contribution in [2.75, 3.05) is 9.80 Å². The van der Waals surface area contributed by atoms with Crippen molar-refractivity contribution < 1.29 is 0 Å². The summed E-state index contributed by atoms with van der Waals surface area (Å²) in [5, 5.41) is 5.13. The molecule has 254 valence electrons. The molecule has 1 heterocycles. The molecule has 0 bridgehead atoms. The number of hydrogen-bond donors (Lipinski definition) is 0. The standard InChI is InChI=1S/C49H43N3/c1-32(2)42-30-45(51(35-18-7-5-8-19-35)36-20-9-6-10-21-36)40-27-25-39-43(33(3)4)31-46(41-28-26-38(42)48(40)49(39)41)52(47-24-13-14-29-50-47)44-23-15-17-34-16-11-12-22-37(34)44/h5-25,27-33,46H,26H2,1-4H3. The van der Waals surface area contributed by atoms with Crippen molar-refractivity contribution >= 4 is 61.3 Å².